The topological polar surface area (TPSA) is 60.2 Å². The van der Waals surface area contributed by atoms with Gasteiger partial charge < -0.3 is 14.6 Å². The van der Waals surface area contributed by atoms with Crippen LogP contribution in [-0.2, 0) is 6.42 Å². The Hall–Kier alpha value is -1.59. The molecule has 19 heavy (non-hydrogen) atoms. The van der Waals surface area contributed by atoms with Crippen molar-refractivity contribution in [3.8, 4) is 17.2 Å². The summed E-state index contributed by atoms with van der Waals surface area (Å²) >= 11 is 5.98. The number of ether oxygens (including phenoxy) is 1. The fraction of sp³-hybridized carbons (Fsp3) is 0.385. The highest BCUT2D eigenvalue weighted by atomic mass is 35.5. The van der Waals surface area contributed by atoms with Crippen molar-refractivity contribution in [3.05, 3.63) is 29.0 Å². The summed E-state index contributed by atoms with van der Waals surface area (Å²) in [5.74, 6) is 1.72. The van der Waals surface area contributed by atoms with Crippen LogP contribution in [0.3, 0.4) is 0 Å². The van der Waals surface area contributed by atoms with Gasteiger partial charge in [0.15, 0.2) is 5.82 Å². The van der Waals surface area contributed by atoms with E-state index in [1.165, 1.54) is 0 Å². The van der Waals surface area contributed by atoms with Gasteiger partial charge in [-0.15, -0.1) is 0 Å². The van der Waals surface area contributed by atoms with Gasteiger partial charge in [0.25, 0.3) is 5.89 Å². The molecule has 0 amide bonds. The third-order valence-electron chi connectivity index (χ3n) is 2.84. The molecule has 2 rings (SSSR count). The molecule has 6 heteroatoms. The third-order valence-corrected chi connectivity index (χ3v) is 3.08. The van der Waals surface area contributed by atoms with E-state index in [0.717, 1.165) is 0 Å². The molecule has 1 heterocycles. The van der Waals surface area contributed by atoms with Crippen LogP contribution < -0.4 is 10.1 Å². The number of likely N-dealkylation sites (N-methyl/N-ethyl adjacent to an activating group) is 1. The van der Waals surface area contributed by atoms with Gasteiger partial charge in [-0.3, -0.25) is 0 Å². The largest absolute Gasteiger partial charge is 0.496 e. The zero-order valence-electron chi connectivity index (χ0n) is 11.1. The number of nitrogens with zero attached hydrogens (tertiary/aromatic N) is 2. The van der Waals surface area contributed by atoms with E-state index in [2.05, 4.69) is 22.4 Å². The summed E-state index contributed by atoms with van der Waals surface area (Å²) in [7, 11) is 3.48. The second-order valence-corrected chi connectivity index (χ2v) is 4.69. The molecule has 1 aromatic heterocycles. The maximum Gasteiger partial charge on any atom is 0.261 e. The highest BCUT2D eigenvalue weighted by molar-refractivity contribution is 6.30. The molecule has 102 valence electrons. The highest BCUT2D eigenvalue weighted by Crippen LogP contribution is 2.31. The highest BCUT2D eigenvalue weighted by Gasteiger charge is 2.15. The Balaban J connectivity index is 2.29. The summed E-state index contributed by atoms with van der Waals surface area (Å²) in [6, 6.07) is 5.56. The first-order valence-electron chi connectivity index (χ1n) is 5.97. The van der Waals surface area contributed by atoms with Crippen molar-refractivity contribution in [1.82, 2.24) is 15.5 Å². The zero-order valence-corrected chi connectivity index (χ0v) is 11.9. The van der Waals surface area contributed by atoms with E-state index in [1.807, 2.05) is 7.05 Å². The molecule has 1 N–H and O–H groups in total. The minimum Gasteiger partial charge on any atom is -0.496 e. The maximum absolute atomic E-state index is 5.98. The Morgan fingerprint density at radius 2 is 2.26 bits per heavy atom. The van der Waals surface area contributed by atoms with E-state index in [1.54, 1.807) is 25.3 Å². The van der Waals surface area contributed by atoms with Crippen LogP contribution in [0.2, 0.25) is 5.02 Å². The molecule has 1 aromatic carbocycles. The molecule has 0 fully saturated rings. The van der Waals surface area contributed by atoms with Crippen LogP contribution in [-0.4, -0.2) is 30.3 Å². The van der Waals surface area contributed by atoms with E-state index in [9.17, 15) is 0 Å². The van der Waals surface area contributed by atoms with Crippen LogP contribution in [0.25, 0.3) is 11.5 Å². The van der Waals surface area contributed by atoms with Crippen LogP contribution in [0.1, 0.15) is 12.7 Å². The number of hydrogen-bond acceptors (Lipinski definition) is 5. The van der Waals surface area contributed by atoms with E-state index in [4.69, 9.17) is 20.9 Å². The van der Waals surface area contributed by atoms with E-state index < -0.39 is 0 Å². The Morgan fingerprint density at radius 1 is 1.47 bits per heavy atom. The maximum atomic E-state index is 5.98. The number of hydrogen-bond donors (Lipinski definition) is 1. The second kappa shape index (κ2) is 6.04. The third kappa shape index (κ3) is 3.24. The first-order valence-corrected chi connectivity index (χ1v) is 6.35. The van der Waals surface area contributed by atoms with Crippen molar-refractivity contribution in [1.29, 1.82) is 0 Å². The molecule has 0 aliphatic carbocycles. The van der Waals surface area contributed by atoms with Crippen molar-refractivity contribution >= 4 is 11.6 Å². The summed E-state index contributed by atoms with van der Waals surface area (Å²) < 4.78 is 10.5. The molecule has 0 aliphatic heterocycles. The monoisotopic (exact) mass is 281 g/mol. The number of nitrogens with one attached hydrogen (secondary N) is 1. The van der Waals surface area contributed by atoms with Crippen molar-refractivity contribution in [2.24, 2.45) is 0 Å². The summed E-state index contributed by atoms with van der Waals surface area (Å²) in [5.41, 5.74) is 0.700. The molecule has 0 saturated heterocycles. The van der Waals surface area contributed by atoms with Crippen LogP contribution in [0.5, 0.6) is 5.75 Å². The van der Waals surface area contributed by atoms with Gasteiger partial charge >= 0.3 is 0 Å². The van der Waals surface area contributed by atoms with Gasteiger partial charge in [-0.05, 0) is 32.2 Å². The first kappa shape index (κ1) is 13.8. The van der Waals surface area contributed by atoms with Crippen molar-refractivity contribution in [2.45, 2.75) is 19.4 Å². The van der Waals surface area contributed by atoms with Gasteiger partial charge in [0, 0.05) is 17.5 Å². The smallest absolute Gasteiger partial charge is 0.261 e. The molecule has 0 aliphatic rings. The van der Waals surface area contributed by atoms with Crippen LogP contribution in [0, 0.1) is 0 Å². The van der Waals surface area contributed by atoms with E-state index >= 15 is 0 Å². The van der Waals surface area contributed by atoms with Crippen molar-refractivity contribution in [3.63, 3.8) is 0 Å². The second-order valence-electron chi connectivity index (χ2n) is 4.25. The summed E-state index contributed by atoms with van der Waals surface area (Å²) in [6.07, 6.45) is 0.697. The number of methoxy groups -OCH3 is 1. The average molecular weight is 282 g/mol. The first-order chi connectivity index (χ1) is 9.13. The zero-order chi connectivity index (χ0) is 13.8. The molecule has 2 aromatic rings. The normalized spacial score (nSPS) is 12.4. The van der Waals surface area contributed by atoms with Gasteiger partial charge in [-0.25, -0.2) is 0 Å². The van der Waals surface area contributed by atoms with Crippen molar-refractivity contribution in [2.75, 3.05) is 14.2 Å². The lowest BCUT2D eigenvalue weighted by Gasteiger charge is -2.05. The SMILES string of the molecule is CNC(C)Cc1noc(-c2cc(Cl)ccc2OC)n1. The molecule has 0 bridgehead atoms. The van der Waals surface area contributed by atoms with Gasteiger partial charge in [-0.2, -0.15) is 4.98 Å². The molecule has 0 saturated carbocycles. The lowest BCUT2D eigenvalue weighted by molar-refractivity contribution is 0.401. The van der Waals surface area contributed by atoms with Gasteiger partial charge in [0.1, 0.15) is 5.75 Å². The van der Waals surface area contributed by atoms with E-state index in [-0.39, 0.29) is 6.04 Å². The molecular formula is C13H16ClN3O2. The molecular weight excluding hydrogens is 266 g/mol. The van der Waals surface area contributed by atoms with Crippen LogP contribution in [0.4, 0.5) is 0 Å². The number of rotatable bonds is 5. The van der Waals surface area contributed by atoms with Gasteiger partial charge in [0.05, 0.1) is 12.7 Å². The molecule has 1 atom stereocenters. The lowest BCUT2D eigenvalue weighted by atomic mass is 10.2. The fourth-order valence-corrected chi connectivity index (χ4v) is 1.84. The summed E-state index contributed by atoms with van der Waals surface area (Å²) in [6.45, 7) is 2.05. The molecule has 0 radical (unpaired) electrons. The molecule has 5 nitrogen and oxygen atoms in total. The fourth-order valence-electron chi connectivity index (χ4n) is 1.67. The standard InChI is InChI=1S/C13H16ClN3O2/c1-8(15-2)6-12-16-13(19-17-12)10-7-9(14)4-5-11(10)18-3/h4-5,7-8,15H,6H2,1-3H3. The summed E-state index contributed by atoms with van der Waals surface area (Å²) in [5, 5.41) is 7.68. The predicted molar refractivity (Wildman–Crippen MR) is 73.5 cm³/mol. The average Bonchev–Trinajstić information content (AvgIpc) is 2.86. The summed E-state index contributed by atoms with van der Waals surface area (Å²) in [4.78, 5) is 4.36. The quantitative estimate of drug-likeness (QED) is 0.913. The number of halogens is 1. The van der Waals surface area contributed by atoms with Crippen LogP contribution >= 0.6 is 11.6 Å². The Bertz CT molecular complexity index is 557. The Morgan fingerprint density at radius 3 is 2.95 bits per heavy atom. The number of aromatic nitrogens is 2. The lowest BCUT2D eigenvalue weighted by Crippen LogP contribution is -2.24. The van der Waals surface area contributed by atoms with Crippen LogP contribution in [0.15, 0.2) is 22.7 Å². The molecule has 0 spiro atoms. The van der Waals surface area contributed by atoms with Gasteiger partial charge in [0.2, 0.25) is 0 Å². The predicted octanol–water partition coefficient (Wildman–Crippen LogP) is 2.55. The van der Waals surface area contributed by atoms with E-state index in [0.29, 0.717) is 34.5 Å². The minimum absolute atomic E-state index is 0.284. The number of benzene rings is 1. The Kier molecular flexibility index (Phi) is 4.39. The Labute approximate surface area is 116 Å². The minimum atomic E-state index is 0.284. The van der Waals surface area contributed by atoms with Gasteiger partial charge in [-0.1, -0.05) is 16.8 Å². The van der Waals surface area contributed by atoms with Crippen molar-refractivity contribution < 1.29 is 9.26 Å². The molecule has 1 unspecified atom stereocenters.